The Morgan fingerprint density at radius 1 is 1.00 bits per heavy atom. The Labute approximate surface area is 70.8 Å². The third-order valence-corrected chi connectivity index (χ3v) is 5.95. The van der Waals surface area contributed by atoms with Gasteiger partial charge in [0.15, 0.2) is 0 Å². The Balaban J connectivity index is 2.39. The lowest BCUT2D eigenvalue weighted by Gasteiger charge is -2.34. The molecule has 11 heavy (non-hydrogen) atoms. The van der Waals surface area contributed by atoms with E-state index in [4.69, 9.17) is 0 Å². The van der Waals surface area contributed by atoms with E-state index in [2.05, 4.69) is 19.6 Å². The fourth-order valence-corrected chi connectivity index (χ4v) is 4.01. The van der Waals surface area contributed by atoms with E-state index in [1.807, 2.05) is 0 Å². The summed E-state index contributed by atoms with van der Waals surface area (Å²) in [7, 11) is -0.897. The van der Waals surface area contributed by atoms with Gasteiger partial charge in [-0.3, -0.25) is 0 Å². The van der Waals surface area contributed by atoms with E-state index in [9.17, 15) is 5.11 Å². The Hall–Kier alpha value is 0.177. The van der Waals surface area contributed by atoms with Gasteiger partial charge in [-0.05, 0) is 18.4 Å². The highest BCUT2D eigenvalue weighted by atomic mass is 28.3. The molecule has 0 heterocycles. The molecule has 1 nitrogen and oxygen atoms in total. The zero-order chi connectivity index (χ0) is 8.48. The minimum Gasteiger partial charge on any atom is -0.393 e. The van der Waals surface area contributed by atoms with Crippen molar-refractivity contribution in [2.75, 3.05) is 0 Å². The summed E-state index contributed by atoms with van der Waals surface area (Å²) >= 11 is 0. The van der Waals surface area contributed by atoms with Gasteiger partial charge in [0.1, 0.15) is 0 Å². The van der Waals surface area contributed by atoms with Crippen LogP contribution in [0.5, 0.6) is 0 Å². The van der Waals surface area contributed by atoms with Crippen LogP contribution in [0.2, 0.25) is 25.2 Å². The quantitative estimate of drug-likeness (QED) is 0.603. The number of aliphatic hydroxyl groups excluding tert-OH is 1. The highest BCUT2D eigenvalue weighted by Gasteiger charge is 2.30. The maximum absolute atomic E-state index is 9.31. The first-order valence-corrected chi connectivity index (χ1v) is 8.26. The van der Waals surface area contributed by atoms with Crippen molar-refractivity contribution in [2.24, 2.45) is 0 Å². The molecule has 2 heteroatoms. The van der Waals surface area contributed by atoms with Crippen LogP contribution in [-0.4, -0.2) is 19.3 Å². The summed E-state index contributed by atoms with van der Waals surface area (Å²) in [6.07, 6.45) is 4.67. The van der Waals surface area contributed by atoms with E-state index in [0.29, 0.717) is 0 Å². The number of rotatable bonds is 1. The highest BCUT2D eigenvalue weighted by Crippen LogP contribution is 2.36. The van der Waals surface area contributed by atoms with Gasteiger partial charge in [-0.2, -0.15) is 0 Å². The molecule has 1 fully saturated rings. The Morgan fingerprint density at radius 2 is 1.45 bits per heavy atom. The minimum atomic E-state index is -0.897. The molecular formula is C9H20OSi. The maximum Gasteiger partial charge on any atom is 0.0540 e. The molecular weight excluding hydrogens is 152 g/mol. The Kier molecular flexibility index (Phi) is 2.76. The molecule has 0 radical (unpaired) electrons. The number of hydrogen-bond donors (Lipinski definition) is 1. The van der Waals surface area contributed by atoms with Crippen LogP contribution in [0.25, 0.3) is 0 Å². The summed E-state index contributed by atoms with van der Waals surface area (Å²) in [5, 5.41) is 9.31. The fourth-order valence-electron chi connectivity index (χ4n) is 1.94. The van der Waals surface area contributed by atoms with E-state index in [1.165, 1.54) is 12.8 Å². The van der Waals surface area contributed by atoms with Crippen molar-refractivity contribution in [3.05, 3.63) is 0 Å². The first-order chi connectivity index (χ1) is 5.00. The lowest BCUT2D eigenvalue weighted by atomic mass is 9.97. The molecule has 0 amide bonds. The molecule has 0 bridgehead atoms. The van der Waals surface area contributed by atoms with Gasteiger partial charge in [0.25, 0.3) is 0 Å². The van der Waals surface area contributed by atoms with Gasteiger partial charge in [-0.15, -0.1) is 0 Å². The average molecular weight is 172 g/mol. The second kappa shape index (κ2) is 3.28. The predicted octanol–water partition coefficient (Wildman–Crippen LogP) is 2.63. The summed E-state index contributed by atoms with van der Waals surface area (Å²) in [5.74, 6) is 0. The van der Waals surface area contributed by atoms with Crippen molar-refractivity contribution < 1.29 is 5.11 Å². The van der Waals surface area contributed by atoms with Gasteiger partial charge in [-0.25, -0.2) is 0 Å². The van der Waals surface area contributed by atoms with Gasteiger partial charge in [0, 0.05) is 8.07 Å². The topological polar surface area (TPSA) is 20.2 Å². The molecule has 0 aromatic rings. The molecule has 0 aliphatic heterocycles. The van der Waals surface area contributed by atoms with Crippen LogP contribution >= 0.6 is 0 Å². The third kappa shape index (κ3) is 2.60. The summed E-state index contributed by atoms with van der Waals surface area (Å²) in [6.45, 7) is 7.32. The van der Waals surface area contributed by atoms with Crippen molar-refractivity contribution in [2.45, 2.75) is 57.0 Å². The standard InChI is InChI=1S/C9H20OSi/c1-11(2,3)9-6-4-8(10)5-7-9/h8-10H,4-7H2,1-3H3/t8-,9-. The lowest BCUT2D eigenvalue weighted by Crippen LogP contribution is -2.32. The van der Waals surface area contributed by atoms with Crippen LogP contribution < -0.4 is 0 Å². The summed E-state index contributed by atoms with van der Waals surface area (Å²) in [5.41, 5.74) is 0.964. The second-order valence-corrected chi connectivity index (χ2v) is 10.4. The molecule has 1 saturated carbocycles. The number of hydrogen-bond acceptors (Lipinski definition) is 1. The predicted molar refractivity (Wildman–Crippen MR) is 51.6 cm³/mol. The smallest absolute Gasteiger partial charge is 0.0540 e. The monoisotopic (exact) mass is 172 g/mol. The van der Waals surface area contributed by atoms with Gasteiger partial charge < -0.3 is 5.11 Å². The van der Waals surface area contributed by atoms with Crippen LogP contribution in [0.3, 0.4) is 0 Å². The molecule has 1 aliphatic rings. The van der Waals surface area contributed by atoms with E-state index < -0.39 is 8.07 Å². The molecule has 0 unspecified atom stereocenters. The fraction of sp³-hybridized carbons (Fsp3) is 1.00. The summed E-state index contributed by atoms with van der Waals surface area (Å²) < 4.78 is 0. The van der Waals surface area contributed by atoms with E-state index in [-0.39, 0.29) is 6.10 Å². The van der Waals surface area contributed by atoms with E-state index >= 15 is 0 Å². The van der Waals surface area contributed by atoms with E-state index in [1.54, 1.807) is 0 Å². The second-order valence-electron chi connectivity index (χ2n) is 4.87. The molecule has 0 saturated heterocycles. The molecule has 0 aromatic carbocycles. The normalized spacial score (nSPS) is 33.8. The summed E-state index contributed by atoms with van der Waals surface area (Å²) in [4.78, 5) is 0. The summed E-state index contributed by atoms with van der Waals surface area (Å²) in [6, 6.07) is 0. The van der Waals surface area contributed by atoms with Crippen molar-refractivity contribution >= 4 is 8.07 Å². The van der Waals surface area contributed by atoms with Crippen molar-refractivity contribution in [3.8, 4) is 0 Å². The van der Waals surface area contributed by atoms with Crippen molar-refractivity contribution in [3.63, 3.8) is 0 Å². The first-order valence-electron chi connectivity index (χ1n) is 4.68. The average Bonchev–Trinajstić information content (AvgIpc) is 1.86. The molecule has 0 atom stereocenters. The van der Waals surface area contributed by atoms with E-state index in [0.717, 1.165) is 18.4 Å². The largest absolute Gasteiger partial charge is 0.393 e. The number of aliphatic hydroxyl groups is 1. The first kappa shape index (κ1) is 9.27. The molecule has 0 aromatic heterocycles. The van der Waals surface area contributed by atoms with Crippen LogP contribution in [0, 0.1) is 0 Å². The molecule has 1 aliphatic carbocycles. The van der Waals surface area contributed by atoms with Crippen LogP contribution in [0.1, 0.15) is 25.7 Å². The van der Waals surface area contributed by atoms with Crippen molar-refractivity contribution in [1.29, 1.82) is 0 Å². The third-order valence-electron chi connectivity index (χ3n) is 2.92. The Bertz CT molecular complexity index is 120. The Morgan fingerprint density at radius 3 is 1.82 bits per heavy atom. The van der Waals surface area contributed by atoms with Gasteiger partial charge in [0.05, 0.1) is 6.10 Å². The zero-order valence-electron chi connectivity index (χ0n) is 7.93. The van der Waals surface area contributed by atoms with Crippen molar-refractivity contribution in [1.82, 2.24) is 0 Å². The van der Waals surface area contributed by atoms with Crippen LogP contribution in [0.4, 0.5) is 0 Å². The minimum absolute atomic E-state index is 0.0163. The highest BCUT2D eigenvalue weighted by molar-refractivity contribution is 6.77. The molecule has 1 rings (SSSR count). The zero-order valence-corrected chi connectivity index (χ0v) is 8.93. The lowest BCUT2D eigenvalue weighted by molar-refractivity contribution is 0.129. The molecule has 1 N–H and O–H groups in total. The van der Waals surface area contributed by atoms with Crippen LogP contribution in [-0.2, 0) is 0 Å². The SMILES string of the molecule is C[Si](C)(C)[C@H]1CC[C@H](O)CC1. The van der Waals surface area contributed by atoms with Gasteiger partial charge >= 0.3 is 0 Å². The molecule has 66 valence electrons. The molecule has 0 spiro atoms. The van der Waals surface area contributed by atoms with Gasteiger partial charge in [0.2, 0.25) is 0 Å². The van der Waals surface area contributed by atoms with Crippen LogP contribution in [0.15, 0.2) is 0 Å². The van der Waals surface area contributed by atoms with Gasteiger partial charge in [-0.1, -0.05) is 32.5 Å². The maximum atomic E-state index is 9.31.